The molecule has 0 spiro atoms. The van der Waals surface area contributed by atoms with E-state index in [2.05, 4.69) is 18.1 Å². The van der Waals surface area contributed by atoms with Crippen LogP contribution in [0.2, 0.25) is 0 Å². The number of hydrogen-bond donors (Lipinski definition) is 0. The molecular weight excluding hydrogens is 140 g/mol. The third-order valence-corrected chi connectivity index (χ3v) is 2.23. The highest BCUT2D eigenvalue weighted by molar-refractivity contribution is 5.19. The van der Waals surface area contributed by atoms with Gasteiger partial charge in [0.05, 0.1) is 12.3 Å². The lowest BCUT2D eigenvalue weighted by atomic mass is 10.1. The Balaban J connectivity index is 2.39. The van der Waals surface area contributed by atoms with Crippen LogP contribution in [0.15, 0.2) is 6.07 Å². The molecule has 1 saturated heterocycles. The van der Waals surface area contributed by atoms with Gasteiger partial charge in [0, 0.05) is 12.7 Å². The molecule has 1 aliphatic heterocycles. The van der Waals surface area contributed by atoms with Crippen molar-refractivity contribution in [3.63, 3.8) is 0 Å². The Bertz CT molecular complexity index is 267. The van der Waals surface area contributed by atoms with E-state index in [-0.39, 0.29) is 5.60 Å². The van der Waals surface area contributed by atoms with Crippen molar-refractivity contribution in [2.75, 3.05) is 6.61 Å². The number of epoxide rings is 1. The predicted molar refractivity (Wildman–Crippen MR) is 41.2 cm³/mol. The average Bonchev–Trinajstić information content (AvgIpc) is 2.59. The summed E-state index contributed by atoms with van der Waals surface area (Å²) in [6.07, 6.45) is 0. The molecule has 11 heavy (non-hydrogen) atoms. The monoisotopic (exact) mass is 152 g/mol. The van der Waals surface area contributed by atoms with E-state index >= 15 is 0 Å². The Hall–Kier alpha value is -0.830. The number of aromatic nitrogens is 2. The smallest absolute Gasteiger partial charge is 0.132 e. The quantitative estimate of drug-likeness (QED) is 0.561. The molecule has 0 bridgehead atoms. The molecule has 3 nitrogen and oxygen atoms in total. The summed E-state index contributed by atoms with van der Waals surface area (Å²) in [7, 11) is 1.95. The van der Waals surface area contributed by atoms with Crippen LogP contribution in [-0.4, -0.2) is 16.4 Å². The number of aryl methyl sites for hydroxylation is 2. The zero-order valence-electron chi connectivity index (χ0n) is 7.09. The highest BCUT2D eigenvalue weighted by atomic mass is 16.6. The molecule has 1 aromatic heterocycles. The molecule has 60 valence electrons. The maximum absolute atomic E-state index is 5.27. The summed E-state index contributed by atoms with van der Waals surface area (Å²) in [5.41, 5.74) is 2.15. The zero-order valence-corrected chi connectivity index (χ0v) is 7.09. The minimum Gasteiger partial charge on any atom is -0.363 e. The van der Waals surface area contributed by atoms with Gasteiger partial charge in [-0.1, -0.05) is 0 Å². The zero-order chi connectivity index (χ0) is 8.06. The Morgan fingerprint density at radius 3 is 2.73 bits per heavy atom. The molecule has 1 aliphatic rings. The predicted octanol–water partition coefficient (Wildman–Crippen LogP) is 0.974. The third kappa shape index (κ3) is 0.959. The highest BCUT2D eigenvalue weighted by Gasteiger charge is 2.43. The topological polar surface area (TPSA) is 30.4 Å². The molecule has 2 heterocycles. The van der Waals surface area contributed by atoms with Gasteiger partial charge >= 0.3 is 0 Å². The van der Waals surface area contributed by atoms with E-state index in [4.69, 9.17) is 4.74 Å². The van der Waals surface area contributed by atoms with Crippen molar-refractivity contribution < 1.29 is 4.74 Å². The first-order valence-corrected chi connectivity index (χ1v) is 3.77. The van der Waals surface area contributed by atoms with Crippen molar-refractivity contribution in [3.8, 4) is 0 Å². The first-order chi connectivity index (χ1) is 5.12. The number of rotatable bonds is 1. The molecule has 1 atom stereocenters. The molecule has 1 unspecified atom stereocenters. The first kappa shape index (κ1) is 6.85. The second kappa shape index (κ2) is 1.85. The van der Waals surface area contributed by atoms with E-state index < -0.39 is 0 Å². The van der Waals surface area contributed by atoms with Gasteiger partial charge in [-0.05, 0) is 19.9 Å². The highest BCUT2D eigenvalue weighted by Crippen LogP contribution is 2.36. The molecule has 0 amide bonds. The van der Waals surface area contributed by atoms with E-state index in [1.165, 1.54) is 5.69 Å². The Morgan fingerprint density at radius 2 is 2.36 bits per heavy atom. The lowest BCUT2D eigenvalue weighted by Gasteiger charge is -1.96. The van der Waals surface area contributed by atoms with Gasteiger partial charge in [0.15, 0.2) is 0 Å². The van der Waals surface area contributed by atoms with E-state index in [1.54, 1.807) is 0 Å². The standard InChI is InChI=1S/C8H12N2O/c1-6-4-7(9-10(6)3)8(2)5-11-8/h4H,5H2,1-3H3. The molecule has 0 radical (unpaired) electrons. The van der Waals surface area contributed by atoms with Crippen molar-refractivity contribution in [2.24, 2.45) is 7.05 Å². The van der Waals surface area contributed by atoms with Crippen LogP contribution in [0.3, 0.4) is 0 Å². The molecule has 0 aromatic carbocycles. The van der Waals surface area contributed by atoms with Gasteiger partial charge < -0.3 is 4.74 Å². The second-order valence-corrected chi connectivity index (χ2v) is 3.31. The lowest BCUT2D eigenvalue weighted by molar-refractivity contribution is 0.322. The van der Waals surface area contributed by atoms with Crippen LogP contribution in [0, 0.1) is 6.92 Å². The molecule has 0 aliphatic carbocycles. The SMILES string of the molecule is Cc1cc(C2(C)CO2)nn1C. The van der Waals surface area contributed by atoms with Gasteiger partial charge in [0.2, 0.25) is 0 Å². The van der Waals surface area contributed by atoms with Gasteiger partial charge in [-0.15, -0.1) is 0 Å². The molecule has 0 saturated carbocycles. The van der Waals surface area contributed by atoms with Crippen LogP contribution in [0.4, 0.5) is 0 Å². The summed E-state index contributed by atoms with van der Waals surface area (Å²) in [6, 6.07) is 2.08. The van der Waals surface area contributed by atoms with Crippen LogP contribution < -0.4 is 0 Å². The van der Waals surface area contributed by atoms with Crippen LogP contribution in [-0.2, 0) is 17.4 Å². The molecule has 1 fully saturated rings. The van der Waals surface area contributed by atoms with Gasteiger partial charge in [0.25, 0.3) is 0 Å². The van der Waals surface area contributed by atoms with Crippen LogP contribution in [0.25, 0.3) is 0 Å². The lowest BCUT2D eigenvalue weighted by Crippen LogP contribution is -2.03. The first-order valence-electron chi connectivity index (χ1n) is 3.77. The fourth-order valence-corrected chi connectivity index (χ4v) is 1.08. The van der Waals surface area contributed by atoms with E-state index in [0.29, 0.717) is 0 Å². The van der Waals surface area contributed by atoms with E-state index in [1.807, 2.05) is 18.7 Å². The summed E-state index contributed by atoms with van der Waals surface area (Å²) in [5, 5.41) is 4.34. The Labute approximate surface area is 66.0 Å². The maximum atomic E-state index is 5.27. The molecule has 1 aromatic rings. The molecule has 2 rings (SSSR count). The van der Waals surface area contributed by atoms with Crippen molar-refractivity contribution in [3.05, 3.63) is 17.5 Å². The van der Waals surface area contributed by atoms with Crippen molar-refractivity contribution in [2.45, 2.75) is 19.4 Å². The molecule has 3 heteroatoms. The fraction of sp³-hybridized carbons (Fsp3) is 0.625. The Morgan fingerprint density at radius 1 is 1.73 bits per heavy atom. The summed E-state index contributed by atoms with van der Waals surface area (Å²) >= 11 is 0. The summed E-state index contributed by atoms with van der Waals surface area (Å²) in [5.74, 6) is 0. The number of nitrogens with zero attached hydrogens (tertiary/aromatic N) is 2. The van der Waals surface area contributed by atoms with Gasteiger partial charge in [0.1, 0.15) is 5.60 Å². The van der Waals surface area contributed by atoms with Crippen molar-refractivity contribution in [1.29, 1.82) is 0 Å². The molecule has 0 N–H and O–H groups in total. The van der Waals surface area contributed by atoms with Crippen molar-refractivity contribution in [1.82, 2.24) is 9.78 Å². The van der Waals surface area contributed by atoms with Crippen molar-refractivity contribution >= 4 is 0 Å². The van der Waals surface area contributed by atoms with Crippen LogP contribution in [0.1, 0.15) is 18.3 Å². The maximum Gasteiger partial charge on any atom is 0.132 e. The largest absolute Gasteiger partial charge is 0.363 e. The summed E-state index contributed by atoms with van der Waals surface area (Å²) < 4.78 is 7.15. The second-order valence-electron chi connectivity index (χ2n) is 3.31. The Kier molecular flexibility index (Phi) is 1.16. The normalized spacial score (nSPS) is 29.0. The summed E-state index contributed by atoms with van der Waals surface area (Å²) in [4.78, 5) is 0. The van der Waals surface area contributed by atoms with E-state index in [9.17, 15) is 0 Å². The number of hydrogen-bond acceptors (Lipinski definition) is 2. The van der Waals surface area contributed by atoms with Gasteiger partial charge in [-0.3, -0.25) is 4.68 Å². The number of ether oxygens (including phenoxy) is 1. The fourth-order valence-electron chi connectivity index (χ4n) is 1.08. The van der Waals surface area contributed by atoms with Crippen LogP contribution in [0.5, 0.6) is 0 Å². The van der Waals surface area contributed by atoms with Gasteiger partial charge in [-0.25, -0.2) is 0 Å². The molecular formula is C8H12N2O. The average molecular weight is 152 g/mol. The van der Waals surface area contributed by atoms with Crippen LogP contribution >= 0.6 is 0 Å². The van der Waals surface area contributed by atoms with Gasteiger partial charge in [-0.2, -0.15) is 5.10 Å². The summed E-state index contributed by atoms with van der Waals surface area (Å²) in [6.45, 7) is 4.92. The third-order valence-electron chi connectivity index (χ3n) is 2.23. The minimum atomic E-state index is -0.0774. The van der Waals surface area contributed by atoms with E-state index in [0.717, 1.165) is 12.3 Å². The minimum absolute atomic E-state index is 0.0774.